The van der Waals surface area contributed by atoms with Crippen molar-refractivity contribution in [1.82, 2.24) is 20.3 Å². The van der Waals surface area contributed by atoms with Gasteiger partial charge in [0.05, 0.1) is 26.8 Å². The second kappa shape index (κ2) is 12.1. The van der Waals surface area contributed by atoms with E-state index in [0.29, 0.717) is 39.5 Å². The third kappa shape index (κ3) is 5.42. The van der Waals surface area contributed by atoms with Gasteiger partial charge in [0, 0.05) is 23.4 Å². The molecule has 1 fully saturated rings. The highest BCUT2D eigenvalue weighted by Crippen LogP contribution is 2.40. The highest BCUT2D eigenvalue weighted by atomic mass is 16.5. The molecule has 2 amide bonds. The van der Waals surface area contributed by atoms with Gasteiger partial charge >= 0.3 is 0 Å². The Labute approximate surface area is 232 Å². The molecule has 1 saturated carbocycles. The molecule has 1 atom stereocenters. The zero-order valence-electron chi connectivity index (χ0n) is 22.9. The maximum absolute atomic E-state index is 14.3. The zero-order valence-corrected chi connectivity index (χ0v) is 22.9. The summed E-state index contributed by atoms with van der Waals surface area (Å²) in [5, 5.41) is 11.6. The van der Waals surface area contributed by atoms with E-state index in [-0.39, 0.29) is 24.4 Å². The number of anilines is 1. The van der Waals surface area contributed by atoms with E-state index in [1.54, 1.807) is 54.3 Å². The summed E-state index contributed by atoms with van der Waals surface area (Å²) in [6, 6.07) is 18.8. The molecule has 10 heteroatoms. The average Bonchev–Trinajstić information content (AvgIpc) is 3.65. The van der Waals surface area contributed by atoms with E-state index in [1.165, 1.54) is 19.1 Å². The van der Waals surface area contributed by atoms with Crippen molar-refractivity contribution in [1.29, 1.82) is 0 Å². The highest BCUT2D eigenvalue weighted by molar-refractivity contribution is 6.02. The Bertz CT molecular complexity index is 1500. The molecule has 1 heterocycles. The quantitative estimate of drug-likeness (QED) is 0.318. The highest BCUT2D eigenvalue weighted by Gasteiger charge is 2.37. The number of nitrogens with one attached hydrogen (secondary N) is 1. The van der Waals surface area contributed by atoms with E-state index < -0.39 is 6.04 Å². The van der Waals surface area contributed by atoms with E-state index in [9.17, 15) is 9.59 Å². The first-order valence-electron chi connectivity index (χ1n) is 13.3. The number of rotatable bonds is 10. The lowest BCUT2D eigenvalue weighted by Crippen LogP contribution is -2.47. The lowest BCUT2D eigenvalue weighted by molar-refractivity contribution is -0.127. The summed E-state index contributed by atoms with van der Waals surface area (Å²) in [5.74, 6) is 0.718. The number of para-hydroxylation sites is 2. The van der Waals surface area contributed by atoms with Crippen molar-refractivity contribution in [3.63, 3.8) is 0 Å². The molecule has 4 aromatic rings. The first-order valence-corrected chi connectivity index (χ1v) is 13.3. The second-order valence-corrected chi connectivity index (χ2v) is 9.68. The minimum absolute atomic E-state index is 0.0353. The number of amides is 2. The van der Waals surface area contributed by atoms with Crippen LogP contribution >= 0.6 is 0 Å². The lowest BCUT2D eigenvalue weighted by atomic mass is 10.00. The van der Waals surface area contributed by atoms with E-state index in [2.05, 4.69) is 15.6 Å². The van der Waals surface area contributed by atoms with Crippen LogP contribution in [-0.2, 0) is 16.1 Å². The number of benzene rings is 3. The Balaban J connectivity index is 1.65. The summed E-state index contributed by atoms with van der Waals surface area (Å²) in [5.41, 5.74) is 2.38. The first-order chi connectivity index (χ1) is 19.5. The minimum atomic E-state index is -1.07. The smallest absolute Gasteiger partial charge is 0.249 e. The fourth-order valence-electron chi connectivity index (χ4n) is 5.31. The number of hydrogen-bond acceptors (Lipinski definition) is 7. The van der Waals surface area contributed by atoms with Crippen LogP contribution in [-0.4, -0.2) is 54.2 Å². The van der Waals surface area contributed by atoms with Gasteiger partial charge in [-0.05, 0) is 43.2 Å². The van der Waals surface area contributed by atoms with Gasteiger partial charge in [-0.3, -0.25) is 14.5 Å². The van der Waals surface area contributed by atoms with Crippen LogP contribution in [0.3, 0.4) is 0 Å². The SMILES string of the molecule is COc1cccc(N(C(=O)Cn2nnc3ccccc32)C(C(=O)NC2CCCC2)c2cccc(OC)c2OC)c1. The van der Waals surface area contributed by atoms with Gasteiger partial charge in [0.15, 0.2) is 11.5 Å². The molecule has 0 radical (unpaired) electrons. The maximum atomic E-state index is 14.3. The molecule has 3 aromatic carbocycles. The Kier molecular flexibility index (Phi) is 8.14. The standard InChI is InChI=1S/C30H33N5O5/c1-38-22-13-8-12-21(18-22)35(27(36)19-34-25-16-7-6-15-24(25)32-33-34)28(30(37)31-20-10-4-5-11-20)23-14-9-17-26(39-2)29(23)40-3/h6-9,12-18,20,28H,4-5,10-11,19H2,1-3H3,(H,31,37). The third-order valence-electron chi connectivity index (χ3n) is 7.24. The predicted molar refractivity (Wildman–Crippen MR) is 151 cm³/mol. The normalized spacial score (nSPS) is 14.1. The molecule has 1 aliphatic rings. The summed E-state index contributed by atoms with van der Waals surface area (Å²) >= 11 is 0. The van der Waals surface area contributed by atoms with Crippen LogP contribution < -0.4 is 24.4 Å². The van der Waals surface area contributed by atoms with Crippen molar-refractivity contribution in [2.75, 3.05) is 26.2 Å². The maximum Gasteiger partial charge on any atom is 0.249 e. The van der Waals surface area contributed by atoms with Crippen molar-refractivity contribution in [2.24, 2.45) is 0 Å². The monoisotopic (exact) mass is 543 g/mol. The number of aromatic nitrogens is 3. The molecule has 208 valence electrons. The van der Waals surface area contributed by atoms with Crippen LogP contribution in [0, 0.1) is 0 Å². The van der Waals surface area contributed by atoms with Crippen LogP contribution in [0.15, 0.2) is 66.7 Å². The Morgan fingerprint density at radius 3 is 2.50 bits per heavy atom. The molecular formula is C30H33N5O5. The molecule has 1 N–H and O–H groups in total. The molecule has 10 nitrogen and oxygen atoms in total. The van der Waals surface area contributed by atoms with E-state index in [1.807, 2.05) is 24.3 Å². The Morgan fingerprint density at radius 1 is 0.975 bits per heavy atom. The molecule has 40 heavy (non-hydrogen) atoms. The number of nitrogens with zero attached hydrogens (tertiary/aromatic N) is 4. The van der Waals surface area contributed by atoms with Crippen molar-refractivity contribution in [3.05, 3.63) is 72.3 Å². The molecular weight excluding hydrogens is 510 g/mol. The third-order valence-corrected chi connectivity index (χ3v) is 7.24. The predicted octanol–water partition coefficient (Wildman–Crippen LogP) is 4.29. The molecule has 0 saturated heterocycles. The minimum Gasteiger partial charge on any atom is -0.497 e. The fraction of sp³-hybridized carbons (Fsp3) is 0.333. The van der Waals surface area contributed by atoms with Gasteiger partial charge in [-0.2, -0.15) is 0 Å². The van der Waals surface area contributed by atoms with E-state index in [0.717, 1.165) is 25.7 Å². The van der Waals surface area contributed by atoms with Gasteiger partial charge in [-0.25, -0.2) is 4.68 Å². The summed E-state index contributed by atoms with van der Waals surface area (Å²) in [6.45, 7) is -0.142. The lowest BCUT2D eigenvalue weighted by Gasteiger charge is -2.33. The van der Waals surface area contributed by atoms with Crippen LogP contribution in [0.25, 0.3) is 11.0 Å². The molecule has 0 aliphatic heterocycles. The van der Waals surface area contributed by atoms with E-state index in [4.69, 9.17) is 14.2 Å². The summed E-state index contributed by atoms with van der Waals surface area (Å²) in [7, 11) is 4.62. The summed E-state index contributed by atoms with van der Waals surface area (Å²) in [6.07, 6.45) is 3.89. The van der Waals surface area contributed by atoms with Crippen LogP contribution in [0.5, 0.6) is 17.2 Å². The second-order valence-electron chi connectivity index (χ2n) is 9.68. The molecule has 5 rings (SSSR count). The number of ether oxygens (including phenoxy) is 3. The van der Waals surface area contributed by atoms with Gasteiger partial charge in [0.2, 0.25) is 11.8 Å². The Hall–Kier alpha value is -4.60. The molecule has 1 aromatic heterocycles. The van der Waals surface area contributed by atoms with E-state index >= 15 is 0 Å². The van der Waals surface area contributed by atoms with Crippen LogP contribution in [0.2, 0.25) is 0 Å². The number of methoxy groups -OCH3 is 3. The number of hydrogen-bond donors (Lipinski definition) is 1. The van der Waals surface area contributed by atoms with Gasteiger partial charge in [0.25, 0.3) is 0 Å². The number of fused-ring (bicyclic) bond motifs is 1. The molecule has 0 bridgehead atoms. The molecule has 1 unspecified atom stereocenters. The Morgan fingerprint density at radius 2 is 1.75 bits per heavy atom. The fourth-order valence-corrected chi connectivity index (χ4v) is 5.31. The molecule has 1 aliphatic carbocycles. The summed E-state index contributed by atoms with van der Waals surface area (Å²) < 4.78 is 18.3. The van der Waals surface area contributed by atoms with Gasteiger partial charge in [-0.1, -0.05) is 48.4 Å². The van der Waals surface area contributed by atoms with Crippen molar-refractivity contribution >= 4 is 28.5 Å². The van der Waals surface area contributed by atoms with Gasteiger partial charge in [0.1, 0.15) is 23.9 Å². The van der Waals surface area contributed by atoms with Crippen molar-refractivity contribution in [2.45, 2.75) is 44.3 Å². The average molecular weight is 544 g/mol. The van der Waals surface area contributed by atoms with Crippen LogP contribution in [0.4, 0.5) is 5.69 Å². The first kappa shape index (κ1) is 27.0. The largest absolute Gasteiger partial charge is 0.497 e. The molecule has 0 spiro atoms. The topological polar surface area (TPSA) is 108 Å². The zero-order chi connectivity index (χ0) is 28.1. The van der Waals surface area contributed by atoms with Gasteiger partial charge in [-0.15, -0.1) is 5.10 Å². The summed E-state index contributed by atoms with van der Waals surface area (Å²) in [4.78, 5) is 30.0. The van der Waals surface area contributed by atoms with Crippen LogP contribution in [0.1, 0.15) is 37.3 Å². The van der Waals surface area contributed by atoms with Crippen molar-refractivity contribution < 1.29 is 23.8 Å². The van der Waals surface area contributed by atoms with Crippen molar-refractivity contribution in [3.8, 4) is 17.2 Å². The number of carbonyl (C=O) groups is 2. The van der Waals surface area contributed by atoms with Gasteiger partial charge < -0.3 is 19.5 Å². The number of carbonyl (C=O) groups excluding carboxylic acids is 2.